The summed E-state index contributed by atoms with van der Waals surface area (Å²) >= 11 is 0. The van der Waals surface area contributed by atoms with Gasteiger partial charge in [0.25, 0.3) is 0 Å². The van der Waals surface area contributed by atoms with Gasteiger partial charge in [0, 0.05) is 0 Å². The van der Waals surface area contributed by atoms with Crippen molar-refractivity contribution in [3.63, 3.8) is 0 Å². The molecular weight excluding hydrogens is 216 g/mol. The van der Waals surface area contributed by atoms with Crippen molar-refractivity contribution in [3.05, 3.63) is 36.2 Å². The van der Waals surface area contributed by atoms with E-state index in [2.05, 4.69) is 10.3 Å². The number of hydrogen-bond donors (Lipinski definition) is 2. The standard InChI is InChI=1S/C13H14N2O2/c16-12-4-2-1-3-11(12)13-15-10(8-17-13)5-9-6-14-7-9/h1-4,8-9,14,16H,5-7H2. The lowest BCUT2D eigenvalue weighted by molar-refractivity contribution is 0.344. The SMILES string of the molecule is Oc1ccccc1-c1nc(CC2CNC2)co1. The summed E-state index contributed by atoms with van der Waals surface area (Å²) in [7, 11) is 0. The van der Waals surface area contributed by atoms with Gasteiger partial charge in [0.15, 0.2) is 0 Å². The first-order chi connectivity index (χ1) is 8.33. The number of rotatable bonds is 3. The Morgan fingerprint density at radius 3 is 2.88 bits per heavy atom. The van der Waals surface area contributed by atoms with E-state index in [0.717, 1.165) is 25.2 Å². The first kappa shape index (κ1) is 10.4. The zero-order valence-corrected chi connectivity index (χ0v) is 9.39. The highest BCUT2D eigenvalue weighted by atomic mass is 16.3. The number of nitrogens with zero attached hydrogens (tertiary/aromatic N) is 1. The Bertz CT molecular complexity index is 518. The van der Waals surface area contributed by atoms with E-state index in [1.165, 1.54) is 0 Å². The van der Waals surface area contributed by atoms with E-state index in [9.17, 15) is 5.11 Å². The Kier molecular flexibility index (Phi) is 2.57. The van der Waals surface area contributed by atoms with Gasteiger partial charge >= 0.3 is 0 Å². The van der Waals surface area contributed by atoms with E-state index < -0.39 is 0 Å². The average molecular weight is 230 g/mol. The maximum absolute atomic E-state index is 9.70. The van der Waals surface area contributed by atoms with Gasteiger partial charge in [0.2, 0.25) is 5.89 Å². The molecule has 0 bridgehead atoms. The van der Waals surface area contributed by atoms with Gasteiger partial charge in [-0.15, -0.1) is 0 Å². The van der Waals surface area contributed by atoms with Gasteiger partial charge in [-0.1, -0.05) is 12.1 Å². The minimum atomic E-state index is 0.200. The van der Waals surface area contributed by atoms with Crippen LogP contribution in [0.15, 0.2) is 34.9 Å². The number of aromatic hydroxyl groups is 1. The second kappa shape index (κ2) is 4.22. The second-order valence-electron chi connectivity index (χ2n) is 4.39. The normalized spacial score (nSPS) is 15.8. The van der Waals surface area contributed by atoms with Crippen LogP contribution in [0.1, 0.15) is 5.69 Å². The van der Waals surface area contributed by atoms with E-state index in [1.54, 1.807) is 24.5 Å². The van der Waals surface area contributed by atoms with E-state index in [1.807, 2.05) is 6.07 Å². The summed E-state index contributed by atoms with van der Waals surface area (Å²) in [4.78, 5) is 4.41. The first-order valence-electron chi connectivity index (χ1n) is 5.76. The molecule has 2 N–H and O–H groups in total. The number of phenols is 1. The molecule has 4 heteroatoms. The van der Waals surface area contributed by atoms with Gasteiger partial charge in [-0.25, -0.2) is 4.98 Å². The van der Waals surface area contributed by atoms with Crippen LogP contribution in [0.2, 0.25) is 0 Å². The highest BCUT2D eigenvalue weighted by Crippen LogP contribution is 2.28. The fraction of sp³-hybridized carbons (Fsp3) is 0.308. The highest BCUT2D eigenvalue weighted by Gasteiger charge is 2.19. The third-order valence-electron chi connectivity index (χ3n) is 3.05. The molecule has 0 amide bonds. The largest absolute Gasteiger partial charge is 0.507 e. The lowest BCUT2D eigenvalue weighted by Gasteiger charge is -2.25. The van der Waals surface area contributed by atoms with Crippen molar-refractivity contribution in [1.82, 2.24) is 10.3 Å². The molecule has 1 aromatic heterocycles. The van der Waals surface area contributed by atoms with Gasteiger partial charge in [-0.05, 0) is 37.6 Å². The Morgan fingerprint density at radius 2 is 2.18 bits per heavy atom. The third kappa shape index (κ3) is 2.03. The van der Waals surface area contributed by atoms with Gasteiger partial charge in [-0.3, -0.25) is 0 Å². The van der Waals surface area contributed by atoms with Gasteiger partial charge in [0.05, 0.1) is 11.3 Å². The van der Waals surface area contributed by atoms with Crippen LogP contribution in [0, 0.1) is 5.92 Å². The van der Waals surface area contributed by atoms with E-state index >= 15 is 0 Å². The first-order valence-corrected chi connectivity index (χ1v) is 5.76. The van der Waals surface area contributed by atoms with Crippen LogP contribution in [0.3, 0.4) is 0 Å². The Hall–Kier alpha value is -1.81. The lowest BCUT2D eigenvalue weighted by Crippen LogP contribution is -2.43. The van der Waals surface area contributed by atoms with Crippen molar-refractivity contribution in [1.29, 1.82) is 0 Å². The number of benzene rings is 1. The molecule has 3 rings (SSSR count). The van der Waals surface area contributed by atoms with Crippen LogP contribution in [-0.2, 0) is 6.42 Å². The number of aromatic nitrogens is 1. The topological polar surface area (TPSA) is 58.3 Å². The van der Waals surface area contributed by atoms with Crippen molar-refractivity contribution < 1.29 is 9.52 Å². The molecule has 1 aliphatic rings. The molecule has 1 saturated heterocycles. The Balaban J connectivity index is 1.82. The quantitative estimate of drug-likeness (QED) is 0.844. The summed E-state index contributed by atoms with van der Waals surface area (Å²) < 4.78 is 5.41. The molecule has 0 saturated carbocycles. The van der Waals surface area contributed by atoms with Crippen molar-refractivity contribution in [2.45, 2.75) is 6.42 Å². The van der Waals surface area contributed by atoms with Crippen molar-refractivity contribution in [2.75, 3.05) is 13.1 Å². The molecule has 1 aromatic carbocycles. The molecular formula is C13H14N2O2. The molecule has 17 heavy (non-hydrogen) atoms. The number of hydrogen-bond acceptors (Lipinski definition) is 4. The number of para-hydroxylation sites is 1. The van der Waals surface area contributed by atoms with Crippen LogP contribution in [0.4, 0.5) is 0 Å². The van der Waals surface area contributed by atoms with Crippen LogP contribution < -0.4 is 5.32 Å². The van der Waals surface area contributed by atoms with Crippen LogP contribution in [0.5, 0.6) is 5.75 Å². The van der Waals surface area contributed by atoms with Crippen molar-refractivity contribution in [2.24, 2.45) is 5.92 Å². The molecule has 4 nitrogen and oxygen atoms in total. The highest BCUT2D eigenvalue weighted by molar-refractivity contribution is 5.61. The fourth-order valence-corrected chi connectivity index (χ4v) is 1.97. The number of oxazole rings is 1. The van der Waals surface area contributed by atoms with E-state index in [0.29, 0.717) is 17.4 Å². The molecule has 0 aliphatic carbocycles. The molecule has 88 valence electrons. The summed E-state index contributed by atoms with van der Waals surface area (Å²) in [5.74, 6) is 1.36. The zero-order chi connectivity index (χ0) is 11.7. The molecule has 2 heterocycles. The average Bonchev–Trinajstić information content (AvgIpc) is 2.73. The van der Waals surface area contributed by atoms with Gasteiger partial charge < -0.3 is 14.8 Å². The zero-order valence-electron chi connectivity index (χ0n) is 9.39. The van der Waals surface area contributed by atoms with Gasteiger partial charge in [-0.2, -0.15) is 0 Å². The summed E-state index contributed by atoms with van der Waals surface area (Å²) in [6, 6.07) is 7.07. The molecule has 1 fully saturated rings. The van der Waals surface area contributed by atoms with Crippen LogP contribution in [0.25, 0.3) is 11.5 Å². The van der Waals surface area contributed by atoms with Crippen LogP contribution in [-0.4, -0.2) is 23.2 Å². The van der Waals surface area contributed by atoms with E-state index in [-0.39, 0.29) is 5.75 Å². The predicted molar refractivity (Wildman–Crippen MR) is 63.7 cm³/mol. The van der Waals surface area contributed by atoms with Crippen LogP contribution >= 0.6 is 0 Å². The minimum absolute atomic E-state index is 0.200. The number of phenolic OH excluding ortho intramolecular Hbond substituents is 1. The smallest absolute Gasteiger partial charge is 0.229 e. The maximum atomic E-state index is 9.70. The Morgan fingerprint density at radius 1 is 1.35 bits per heavy atom. The molecule has 0 atom stereocenters. The van der Waals surface area contributed by atoms with E-state index in [4.69, 9.17) is 4.42 Å². The molecule has 0 radical (unpaired) electrons. The summed E-state index contributed by atoms with van der Waals surface area (Å²) in [6.45, 7) is 2.11. The molecule has 2 aromatic rings. The fourth-order valence-electron chi connectivity index (χ4n) is 1.97. The molecule has 0 unspecified atom stereocenters. The molecule has 0 spiro atoms. The summed E-state index contributed by atoms with van der Waals surface area (Å²) in [5.41, 5.74) is 1.60. The second-order valence-corrected chi connectivity index (χ2v) is 4.39. The lowest BCUT2D eigenvalue weighted by atomic mass is 9.98. The number of nitrogens with one attached hydrogen (secondary N) is 1. The summed E-state index contributed by atoms with van der Waals surface area (Å²) in [5, 5.41) is 12.9. The predicted octanol–water partition coefficient (Wildman–Crippen LogP) is 1.81. The summed E-state index contributed by atoms with van der Waals surface area (Å²) in [6.07, 6.45) is 2.62. The molecule has 1 aliphatic heterocycles. The minimum Gasteiger partial charge on any atom is -0.507 e. The van der Waals surface area contributed by atoms with Crippen molar-refractivity contribution >= 4 is 0 Å². The third-order valence-corrected chi connectivity index (χ3v) is 3.05. The Labute approximate surface area is 99.3 Å². The van der Waals surface area contributed by atoms with Gasteiger partial charge in [0.1, 0.15) is 12.0 Å². The maximum Gasteiger partial charge on any atom is 0.229 e. The monoisotopic (exact) mass is 230 g/mol. The van der Waals surface area contributed by atoms with Crippen molar-refractivity contribution in [3.8, 4) is 17.2 Å².